The van der Waals surface area contributed by atoms with E-state index in [1.54, 1.807) is 23.0 Å². The molecule has 3 nitrogen and oxygen atoms in total. The zero-order valence-corrected chi connectivity index (χ0v) is 9.67. The third-order valence-corrected chi connectivity index (χ3v) is 3.00. The molecule has 80 valence electrons. The fraction of sp³-hybridized carbons (Fsp3) is 0.700. The van der Waals surface area contributed by atoms with Crippen LogP contribution >= 0.6 is 11.3 Å². The Bertz CT molecular complexity index is 259. The van der Waals surface area contributed by atoms with Crippen LogP contribution in [0.2, 0.25) is 0 Å². The highest BCUT2D eigenvalue weighted by Gasteiger charge is 2.28. The molecular weight excluding hydrogens is 198 g/mol. The molecule has 1 rings (SSSR count). The maximum absolute atomic E-state index is 9.93. The van der Waals surface area contributed by atoms with Crippen molar-refractivity contribution in [2.24, 2.45) is 0 Å². The van der Waals surface area contributed by atoms with Crippen molar-refractivity contribution in [3.05, 3.63) is 16.6 Å². The summed E-state index contributed by atoms with van der Waals surface area (Å²) in [6.45, 7) is 6.36. The monoisotopic (exact) mass is 215 g/mol. The average molecular weight is 215 g/mol. The van der Waals surface area contributed by atoms with E-state index in [4.69, 9.17) is 4.74 Å². The number of aliphatic hydroxyl groups excluding tert-OH is 1. The predicted molar refractivity (Wildman–Crippen MR) is 57.5 cm³/mol. The summed E-state index contributed by atoms with van der Waals surface area (Å²) in [5.74, 6) is 0. The van der Waals surface area contributed by atoms with Crippen molar-refractivity contribution in [3.63, 3.8) is 0 Å². The molecule has 0 aliphatic rings. The Morgan fingerprint density at radius 1 is 1.64 bits per heavy atom. The predicted octanol–water partition coefficient (Wildman–Crippen LogP) is 1.86. The van der Waals surface area contributed by atoms with Crippen molar-refractivity contribution < 1.29 is 9.84 Å². The first-order valence-corrected chi connectivity index (χ1v) is 5.63. The Morgan fingerprint density at radius 3 is 2.86 bits per heavy atom. The maximum Gasteiger partial charge on any atom is 0.0887 e. The molecule has 1 atom stereocenters. The van der Waals surface area contributed by atoms with Crippen LogP contribution in [-0.2, 0) is 11.2 Å². The summed E-state index contributed by atoms with van der Waals surface area (Å²) in [6, 6.07) is 0. The van der Waals surface area contributed by atoms with Crippen LogP contribution in [0.25, 0.3) is 0 Å². The lowest BCUT2D eigenvalue weighted by atomic mass is 9.98. The Balaban J connectivity index is 2.52. The first-order valence-electron chi connectivity index (χ1n) is 4.75. The summed E-state index contributed by atoms with van der Waals surface area (Å²) in [7, 11) is 0. The fourth-order valence-corrected chi connectivity index (χ4v) is 1.88. The second-order valence-corrected chi connectivity index (χ2v) is 4.70. The zero-order valence-electron chi connectivity index (χ0n) is 8.86. The summed E-state index contributed by atoms with van der Waals surface area (Å²) >= 11 is 1.56. The number of hydrogen-bond donors (Lipinski definition) is 1. The van der Waals surface area contributed by atoms with Crippen LogP contribution in [0.3, 0.4) is 0 Å². The molecule has 1 aromatic heterocycles. The van der Waals surface area contributed by atoms with Gasteiger partial charge in [0.2, 0.25) is 0 Å². The van der Waals surface area contributed by atoms with E-state index < -0.39 is 11.7 Å². The van der Waals surface area contributed by atoms with Crippen molar-refractivity contribution in [1.82, 2.24) is 4.98 Å². The van der Waals surface area contributed by atoms with Gasteiger partial charge in [-0.3, -0.25) is 4.98 Å². The van der Waals surface area contributed by atoms with Crippen molar-refractivity contribution in [3.8, 4) is 0 Å². The number of aliphatic hydroxyl groups is 1. The summed E-state index contributed by atoms with van der Waals surface area (Å²) < 4.78 is 5.47. The van der Waals surface area contributed by atoms with Gasteiger partial charge in [-0.1, -0.05) is 0 Å². The molecule has 0 radical (unpaired) electrons. The molecule has 0 saturated heterocycles. The van der Waals surface area contributed by atoms with Crippen LogP contribution in [-0.4, -0.2) is 28.4 Å². The van der Waals surface area contributed by atoms with Crippen LogP contribution in [0.15, 0.2) is 11.7 Å². The minimum absolute atomic E-state index is 0.483. The molecule has 1 aromatic rings. The van der Waals surface area contributed by atoms with E-state index in [9.17, 15) is 5.11 Å². The van der Waals surface area contributed by atoms with Crippen LogP contribution in [0, 0.1) is 0 Å². The summed E-state index contributed by atoms with van der Waals surface area (Å²) in [5, 5.41) is 9.93. The van der Waals surface area contributed by atoms with E-state index in [1.807, 2.05) is 20.8 Å². The van der Waals surface area contributed by atoms with E-state index in [1.165, 1.54) is 0 Å². The standard InChI is InChI=1S/C10H17NO2S/c1-4-13-10(2,3)9(12)5-8-6-11-7-14-8/h6-7,9,12H,4-5H2,1-3H3. The summed E-state index contributed by atoms with van der Waals surface area (Å²) in [5.41, 5.74) is 1.29. The van der Waals surface area contributed by atoms with Crippen molar-refractivity contribution >= 4 is 11.3 Å². The quantitative estimate of drug-likeness (QED) is 0.815. The minimum Gasteiger partial charge on any atom is -0.390 e. The third kappa shape index (κ3) is 3.04. The van der Waals surface area contributed by atoms with Crippen LogP contribution in [0.1, 0.15) is 25.6 Å². The number of thiazole rings is 1. The molecule has 0 aliphatic carbocycles. The van der Waals surface area contributed by atoms with E-state index in [0.29, 0.717) is 13.0 Å². The van der Waals surface area contributed by atoms with Crippen LogP contribution in [0.4, 0.5) is 0 Å². The highest BCUT2D eigenvalue weighted by Crippen LogP contribution is 2.20. The molecule has 14 heavy (non-hydrogen) atoms. The SMILES string of the molecule is CCOC(C)(C)C(O)Cc1cncs1. The fourth-order valence-electron chi connectivity index (χ4n) is 1.25. The van der Waals surface area contributed by atoms with Gasteiger partial charge in [0.1, 0.15) is 0 Å². The Morgan fingerprint density at radius 2 is 2.36 bits per heavy atom. The largest absolute Gasteiger partial charge is 0.390 e. The number of nitrogens with zero attached hydrogens (tertiary/aromatic N) is 1. The van der Waals surface area contributed by atoms with Crippen LogP contribution < -0.4 is 0 Å². The summed E-state index contributed by atoms with van der Waals surface area (Å²) in [4.78, 5) is 5.06. The molecule has 4 heteroatoms. The van der Waals surface area contributed by atoms with E-state index in [-0.39, 0.29) is 0 Å². The van der Waals surface area contributed by atoms with Gasteiger partial charge in [-0.25, -0.2) is 0 Å². The van der Waals surface area contributed by atoms with Gasteiger partial charge in [-0.2, -0.15) is 0 Å². The van der Waals surface area contributed by atoms with Crippen molar-refractivity contribution in [1.29, 1.82) is 0 Å². The molecule has 0 bridgehead atoms. The minimum atomic E-state index is -0.487. The topological polar surface area (TPSA) is 42.4 Å². The van der Waals surface area contributed by atoms with Gasteiger partial charge in [0, 0.05) is 24.1 Å². The molecule has 1 heterocycles. The van der Waals surface area contributed by atoms with E-state index in [0.717, 1.165) is 4.88 Å². The number of ether oxygens (including phenoxy) is 1. The van der Waals surface area contributed by atoms with Gasteiger partial charge in [-0.15, -0.1) is 11.3 Å². The van der Waals surface area contributed by atoms with Gasteiger partial charge in [-0.05, 0) is 20.8 Å². The number of hydrogen-bond acceptors (Lipinski definition) is 4. The number of rotatable bonds is 5. The second-order valence-electron chi connectivity index (χ2n) is 3.72. The molecule has 1 unspecified atom stereocenters. The first-order chi connectivity index (χ1) is 6.56. The van der Waals surface area contributed by atoms with Gasteiger partial charge in [0.05, 0.1) is 17.2 Å². The molecule has 0 aliphatic heterocycles. The van der Waals surface area contributed by atoms with Gasteiger partial charge >= 0.3 is 0 Å². The molecule has 1 N–H and O–H groups in total. The molecule has 0 amide bonds. The lowest BCUT2D eigenvalue weighted by Gasteiger charge is -2.30. The molecule has 0 fully saturated rings. The smallest absolute Gasteiger partial charge is 0.0887 e. The highest BCUT2D eigenvalue weighted by molar-refractivity contribution is 7.09. The van der Waals surface area contributed by atoms with Crippen LogP contribution in [0.5, 0.6) is 0 Å². The van der Waals surface area contributed by atoms with Gasteiger partial charge in [0.15, 0.2) is 0 Å². The highest BCUT2D eigenvalue weighted by atomic mass is 32.1. The normalized spacial score (nSPS) is 14.3. The lowest BCUT2D eigenvalue weighted by Crippen LogP contribution is -2.40. The van der Waals surface area contributed by atoms with Crippen molar-refractivity contribution in [2.45, 2.75) is 38.9 Å². The summed E-state index contributed by atoms with van der Waals surface area (Å²) in [6.07, 6.45) is 1.91. The second kappa shape index (κ2) is 4.87. The molecule has 0 aromatic carbocycles. The zero-order chi connectivity index (χ0) is 10.6. The maximum atomic E-state index is 9.93. The first kappa shape index (κ1) is 11.6. The molecule has 0 spiro atoms. The number of aromatic nitrogens is 1. The average Bonchev–Trinajstić information content (AvgIpc) is 2.56. The van der Waals surface area contributed by atoms with Gasteiger partial charge in [0.25, 0.3) is 0 Å². The van der Waals surface area contributed by atoms with E-state index in [2.05, 4.69) is 4.98 Å². The van der Waals surface area contributed by atoms with E-state index >= 15 is 0 Å². The molecule has 0 saturated carbocycles. The Kier molecular flexibility index (Phi) is 4.04. The lowest BCUT2D eigenvalue weighted by molar-refractivity contribution is -0.0952. The Hall–Kier alpha value is -0.450. The Labute approximate surface area is 88.8 Å². The van der Waals surface area contributed by atoms with Crippen molar-refractivity contribution in [2.75, 3.05) is 6.61 Å². The van der Waals surface area contributed by atoms with Gasteiger partial charge < -0.3 is 9.84 Å². The third-order valence-electron chi connectivity index (χ3n) is 2.20. The molecular formula is C10H17NO2S.